The number of carbonyl (C=O) groups is 1. The lowest BCUT2D eigenvalue weighted by molar-refractivity contribution is -0.120. The van der Waals surface area contributed by atoms with Crippen LogP contribution in [0.15, 0.2) is 48.9 Å². The van der Waals surface area contributed by atoms with Crippen molar-refractivity contribution in [3.63, 3.8) is 0 Å². The second-order valence-corrected chi connectivity index (χ2v) is 9.21. The van der Waals surface area contributed by atoms with Gasteiger partial charge in [0.2, 0.25) is 11.9 Å². The van der Waals surface area contributed by atoms with Crippen LogP contribution < -0.4 is 21.3 Å². The van der Waals surface area contributed by atoms with Crippen molar-refractivity contribution in [2.45, 2.75) is 25.9 Å². The van der Waals surface area contributed by atoms with Gasteiger partial charge >= 0.3 is 0 Å². The fourth-order valence-electron chi connectivity index (χ4n) is 4.79. The average Bonchev–Trinajstić information content (AvgIpc) is 3.23. The third-order valence-corrected chi connectivity index (χ3v) is 6.44. The molecule has 0 saturated carbocycles. The molecule has 0 bridgehead atoms. The quantitative estimate of drug-likeness (QED) is 0.323. The van der Waals surface area contributed by atoms with Gasteiger partial charge in [-0.3, -0.25) is 9.78 Å². The lowest BCUT2D eigenvalue weighted by Gasteiger charge is -2.42. The largest absolute Gasteiger partial charge is 0.508 e. The van der Waals surface area contributed by atoms with Crippen LogP contribution in [-0.4, -0.2) is 55.8 Å². The van der Waals surface area contributed by atoms with Gasteiger partial charge in [0.15, 0.2) is 0 Å². The van der Waals surface area contributed by atoms with Crippen LogP contribution in [0.4, 0.5) is 26.1 Å². The summed E-state index contributed by atoms with van der Waals surface area (Å²) in [6.07, 6.45) is 4.90. The van der Waals surface area contributed by atoms with Crippen LogP contribution in [-0.2, 0) is 4.79 Å². The van der Waals surface area contributed by atoms with E-state index in [0.717, 1.165) is 17.8 Å². The number of amides is 1. The number of nitrogens with one attached hydrogen (secondary N) is 2. The maximum Gasteiger partial charge on any atom is 0.229 e. The zero-order valence-electron chi connectivity index (χ0n) is 20.2. The summed E-state index contributed by atoms with van der Waals surface area (Å²) in [5.41, 5.74) is 8.17. The Hall–Kier alpha value is -4.32. The van der Waals surface area contributed by atoms with Crippen molar-refractivity contribution in [3.05, 3.63) is 60.6 Å². The second-order valence-electron chi connectivity index (χ2n) is 9.21. The Balaban J connectivity index is 1.46. The molecule has 1 saturated heterocycles. The van der Waals surface area contributed by atoms with E-state index >= 15 is 0 Å². The zero-order chi connectivity index (χ0) is 26.3. The van der Waals surface area contributed by atoms with E-state index in [2.05, 4.69) is 30.6 Å². The Labute approximate surface area is 211 Å². The highest BCUT2D eigenvalue weighted by molar-refractivity contribution is 5.75. The molecule has 1 amide bonds. The molecule has 1 aliphatic rings. The molecular formula is C25H26F2N8O2. The maximum absolute atomic E-state index is 14.5. The van der Waals surface area contributed by atoms with E-state index in [9.17, 15) is 18.7 Å². The van der Waals surface area contributed by atoms with E-state index < -0.39 is 17.4 Å². The molecule has 5 N–H and O–H groups in total. The summed E-state index contributed by atoms with van der Waals surface area (Å²) < 4.78 is 30.4. The van der Waals surface area contributed by atoms with Crippen LogP contribution >= 0.6 is 0 Å². The molecule has 5 rings (SSSR count). The first-order chi connectivity index (χ1) is 17.7. The fraction of sp³-hybridized carbons (Fsp3) is 0.280. The lowest BCUT2D eigenvalue weighted by Crippen LogP contribution is -2.61. The Kier molecular flexibility index (Phi) is 6.34. The minimum absolute atomic E-state index is 0.0369. The number of hydrogen-bond acceptors (Lipinski definition) is 8. The predicted octanol–water partition coefficient (Wildman–Crippen LogP) is 2.81. The molecule has 0 aliphatic carbocycles. The number of aromatic hydroxyl groups is 1. The number of benzene rings is 1. The van der Waals surface area contributed by atoms with Crippen LogP contribution in [0.2, 0.25) is 0 Å². The zero-order valence-corrected chi connectivity index (χ0v) is 20.2. The number of hydrogen-bond donors (Lipinski definition) is 4. The lowest BCUT2D eigenvalue weighted by atomic mass is 9.89. The number of fused-ring (bicyclic) bond motifs is 1. The molecule has 12 heteroatoms. The summed E-state index contributed by atoms with van der Waals surface area (Å²) in [5.74, 6) is -2.07. The van der Waals surface area contributed by atoms with Gasteiger partial charge in [-0.2, -0.15) is 9.61 Å². The Morgan fingerprint density at radius 2 is 1.92 bits per heavy atom. The highest BCUT2D eigenvalue weighted by atomic mass is 19.1. The number of phenols is 1. The first-order valence-electron chi connectivity index (χ1n) is 11.7. The number of piperidine rings is 1. The number of rotatable bonds is 5. The molecule has 192 valence electrons. The molecule has 4 heterocycles. The van der Waals surface area contributed by atoms with Crippen LogP contribution in [0.5, 0.6) is 5.75 Å². The number of nitrogens with zero attached hydrogens (tertiary/aromatic N) is 5. The third-order valence-electron chi connectivity index (χ3n) is 6.44. The molecule has 1 aliphatic heterocycles. The minimum atomic E-state index is -0.929. The predicted molar refractivity (Wildman–Crippen MR) is 134 cm³/mol. The molecule has 3 atom stereocenters. The Morgan fingerprint density at radius 1 is 1.16 bits per heavy atom. The fourth-order valence-corrected chi connectivity index (χ4v) is 4.79. The third kappa shape index (κ3) is 4.75. The van der Waals surface area contributed by atoms with Crippen molar-refractivity contribution >= 4 is 28.7 Å². The number of anilines is 3. The van der Waals surface area contributed by atoms with Gasteiger partial charge in [0, 0.05) is 50.4 Å². The van der Waals surface area contributed by atoms with E-state index in [1.54, 1.807) is 24.7 Å². The Bertz CT molecular complexity index is 1440. The number of nitrogens with two attached hydrogens (primary N) is 1. The molecule has 4 aromatic rings. The average molecular weight is 509 g/mol. The maximum atomic E-state index is 14.5. The van der Waals surface area contributed by atoms with Gasteiger partial charge in [-0.25, -0.2) is 13.8 Å². The number of aromatic nitrogens is 4. The van der Waals surface area contributed by atoms with E-state index in [0.29, 0.717) is 30.2 Å². The van der Waals surface area contributed by atoms with Crippen LogP contribution in [0.1, 0.15) is 13.8 Å². The monoisotopic (exact) mass is 508 g/mol. The minimum Gasteiger partial charge on any atom is -0.508 e. The van der Waals surface area contributed by atoms with Gasteiger partial charge in [0.1, 0.15) is 17.4 Å². The molecule has 10 nitrogen and oxygen atoms in total. The van der Waals surface area contributed by atoms with Gasteiger partial charge < -0.3 is 26.4 Å². The molecule has 3 unspecified atom stereocenters. The topological polar surface area (TPSA) is 134 Å². The van der Waals surface area contributed by atoms with Crippen molar-refractivity contribution in [2.24, 2.45) is 11.7 Å². The molecule has 37 heavy (non-hydrogen) atoms. The SMILES string of the molecule is CC(=O)NC1C(C)CN(c2ccncc2Nc2ncc3ccc(-c4c(F)cc(O)cc4F)nn23)CC1N. The van der Waals surface area contributed by atoms with Crippen molar-refractivity contribution in [1.29, 1.82) is 0 Å². The first-order valence-corrected chi connectivity index (χ1v) is 11.7. The summed E-state index contributed by atoms with van der Waals surface area (Å²) >= 11 is 0. The molecule has 1 fully saturated rings. The summed E-state index contributed by atoms with van der Waals surface area (Å²) in [5, 5.41) is 20.0. The van der Waals surface area contributed by atoms with E-state index in [1.165, 1.54) is 17.5 Å². The van der Waals surface area contributed by atoms with Gasteiger partial charge in [-0.1, -0.05) is 6.92 Å². The smallest absolute Gasteiger partial charge is 0.229 e. The van der Waals surface area contributed by atoms with Gasteiger partial charge in [-0.15, -0.1) is 0 Å². The molecule has 1 aromatic carbocycles. The van der Waals surface area contributed by atoms with E-state index in [4.69, 9.17) is 5.73 Å². The van der Waals surface area contributed by atoms with Crippen molar-refractivity contribution in [1.82, 2.24) is 24.9 Å². The standard InChI is InChI=1S/C25H26F2N8O2/c1-13-11-34(12-19(28)24(13)31-14(2)36)22-5-6-29-10-21(22)32-25-30-9-15-3-4-20(33-35(15)25)23-17(26)7-16(37)8-18(23)27/h3-10,13,19,24,37H,11-12,28H2,1-2H3,(H,30,32)(H,31,36). The van der Waals surface area contributed by atoms with Crippen LogP contribution in [0.3, 0.4) is 0 Å². The first kappa shape index (κ1) is 24.4. The van der Waals surface area contributed by atoms with Gasteiger partial charge in [0.25, 0.3) is 0 Å². The van der Waals surface area contributed by atoms with Gasteiger partial charge in [0.05, 0.1) is 40.5 Å². The van der Waals surface area contributed by atoms with E-state index in [1.807, 2.05) is 13.0 Å². The van der Waals surface area contributed by atoms with Crippen molar-refractivity contribution < 1.29 is 18.7 Å². The number of halogens is 2. The molecule has 0 radical (unpaired) electrons. The summed E-state index contributed by atoms with van der Waals surface area (Å²) in [6.45, 7) is 4.69. The number of carbonyl (C=O) groups excluding carboxylic acids is 1. The number of imidazole rings is 1. The molecular weight excluding hydrogens is 482 g/mol. The number of pyridine rings is 1. The summed E-state index contributed by atoms with van der Waals surface area (Å²) in [6, 6.07) is 6.24. The van der Waals surface area contributed by atoms with Crippen molar-refractivity contribution in [3.8, 4) is 17.0 Å². The highest BCUT2D eigenvalue weighted by Crippen LogP contribution is 2.32. The highest BCUT2D eigenvalue weighted by Gasteiger charge is 2.34. The molecule has 3 aromatic heterocycles. The van der Waals surface area contributed by atoms with E-state index in [-0.39, 0.29) is 35.2 Å². The second kappa shape index (κ2) is 9.62. The Morgan fingerprint density at radius 3 is 2.62 bits per heavy atom. The van der Waals surface area contributed by atoms with Crippen LogP contribution in [0.25, 0.3) is 16.8 Å². The van der Waals surface area contributed by atoms with Crippen molar-refractivity contribution in [2.75, 3.05) is 23.3 Å². The summed E-state index contributed by atoms with van der Waals surface area (Å²) in [4.78, 5) is 22.3. The van der Waals surface area contributed by atoms with Gasteiger partial charge in [-0.05, 0) is 24.1 Å². The normalized spacial score (nSPS) is 19.7. The summed E-state index contributed by atoms with van der Waals surface area (Å²) in [7, 11) is 0. The molecule has 0 spiro atoms. The van der Waals surface area contributed by atoms with Crippen LogP contribution in [0, 0.1) is 17.6 Å². The number of phenolic OH excluding ortho intramolecular Hbond substituents is 1.